The largest absolute Gasteiger partial charge is 0.481 e. The van der Waals surface area contributed by atoms with E-state index in [2.05, 4.69) is 5.10 Å². The summed E-state index contributed by atoms with van der Waals surface area (Å²) in [5, 5.41) is 13.8. The van der Waals surface area contributed by atoms with Gasteiger partial charge in [-0.25, -0.2) is 9.07 Å². The lowest BCUT2D eigenvalue weighted by Crippen LogP contribution is -2.42. The first-order chi connectivity index (χ1) is 13.0. The number of halogens is 1. The molecule has 7 heteroatoms. The van der Waals surface area contributed by atoms with E-state index in [1.54, 1.807) is 15.6 Å². The van der Waals surface area contributed by atoms with E-state index >= 15 is 0 Å². The summed E-state index contributed by atoms with van der Waals surface area (Å²) >= 11 is 0. The maximum absolute atomic E-state index is 14.5. The van der Waals surface area contributed by atoms with Gasteiger partial charge >= 0.3 is 5.97 Å². The molecular weight excluding hydrogens is 349 g/mol. The second-order valence-electron chi connectivity index (χ2n) is 7.37. The maximum Gasteiger partial charge on any atom is 0.308 e. The zero-order valence-corrected chi connectivity index (χ0v) is 15.2. The van der Waals surface area contributed by atoms with E-state index in [4.69, 9.17) is 0 Å². The number of piperidine rings is 1. The van der Waals surface area contributed by atoms with E-state index in [1.165, 1.54) is 6.07 Å². The third kappa shape index (κ3) is 3.01. The summed E-state index contributed by atoms with van der Waals surface area (Å²) in [6, 6.07) is 4.88. The Morgan fingerprint density at radius 2 is 2.07 bits per heavy atom. The summed E-state index contributed by atoms with van der Waals surface area (Å²) in [4.78, 5) is 26.0. The van der Waals surface area contributed by atoms with Crippen molar-refractivity contribution in [2.75, 3.05) is 13.1 Å². The number of aromatic nitrogens is 2. The van der Waals surface area contributed by atoms with Crippen LogP contribution in [0.2, 0.25) is 0 Å². The number of carboxylic acids is 1. The van der Waals surface area contributed by atoms with Gasteiger partial charge in [-0.15, -0.1) is 0 Å². The number of hydrogen-bond donors (Lipinski definition) is 1. The number of carbonyl (C=O) groups excluding carboxylic acids is 1. The number of likely N-dealkylation sites (tertiary alicyclic amines) is 1. The Kier molecular flexibility index (Phi) is 4.45. The molecule has 4 rings (SSSR count). The first-order valence-corrected chi connectivity index (χ1v) is 9.35. The van der Waals surface area contributed by atoms with Gasteiger partial charge in [-0.05, 0) is 50.7 Å². The van der Waals surface area contributed by atoms with Crippen LogP contribution in [0.5, 0.6) is 0 Å². The number of aryl methyl sites for hydroxylation is 1. The van der Waals surface area contributed by atoms with Gasteiger partial charge in [0.15, 0.2) is 5.69 Å². The molecule has 1 aliphatic heterocycles. The number of fused-ring (bicyclic) bond motifs is 1. The summed E-state index contributed by atoms with van der Waals surface area (Å²) in [5.41, 5.74) is 3.25. The van der Waals surface area contributed by atoms with Gasteiger partial charge in [0.25, 0.3) is 5.91 Å². The predicted octanol–water partition coefficient (Wildman–Crippen LogP) is 2.75. The number of hydrogen-bond acceptors (Lipinski definition) is 3. The Morgan fingerprint density at radius 3 is 2.81 bits per heavy atom. The van der Waals surface area contributed by atoms with Crippen LogP contribution in [0.25, 0.3) is 5.69 Å². The lowest BCUT2D eigenvalue weighted by Gasteiger charge is -2.30. The van der Waals surface area contributed by atoms with E-state index in [-0.39, 0.29) is 18.3 Å². The fraction of sp³-hybridized carbons (Fsp3) is 0.450. The van der Waals surface area contributed by atoms with E-state index in [0.29, 0.717) is 30.8 Å². The van der Waals surface area contributed by atoms with Crippen molar-refractivity contribution < 1.29 is 19.1 Å². The third-order valence-corrected chi connectivity index (χ3v) is 5.59. The fourth-order valence-corrected chi connectivity index (χ4v) is 4.20. The van der Waals surface area contributed by atoms with Crippen LogP contribution >= 0.6 is 0 Å². The van der Waals surface area contributed by atoms with Gasteiger partial charge in [0.1, 0.15) is 11.5 Å². The van der Waals surface area contributed by atoms with Crippen LogP contribution in [-0.4, -0.2) is 44.8 Å². The predicted molar refractivity (Wildman–Crippen MR) is 96.5 cm³/mol. The average molecular weight is 371 g/mol. The highest BCUT2D eigenvalue weighted by Gasteiger charge is 2.34. The number of carboxylic acid groups (broad SMARTS) is 1. The molecule has 1 aromatic heterocycles. The summed E-state index contributed by atoms with van der Waals surface area (Å²) in [5.74, 6) is -2.01. The molecule has 0 unspecified atom stereocenters. The molecule has 1 aliphatic carbocycles. The molecule has 1 N–H and O–H groups in total. The first kappa shape index (κ1) is 17.7. The highest BCUT2D eigenvalue weighted by Crippen LogP contribution is 2.31. The van der Waals surface area contributed by atoms with Crippen molar-refractivity contribution in [3.05, 3.63) is 46.5 Å². The zero-order valence-electron chi connectivity index (χ0n) is 15.2. The molecule has 1 saturated heterocycles. The SMILES string of the molecule is Cc1cccc(F)c1-n1nc(C(=O)N2CCC[C@H](C(=O)O)C2)c2c1CCC2. The van der Waals surface area contributed by atoms with Crippen LogP contribution in [0, 0.1) is 18.7 Å². The zero-order chi connectivity index (χ0) is 19.1. The highest BCUT2D eigenvalue weighted by atomic mass is 19.1. The standard InChI is InChI=1S/C20H22FN3O3/c1-12-5-2-8-15(21)18(12)24-16-9-3-7-14(16)17(22-24)19(25)23-10-4-6-13(11-23)20(26)27/h2,5,8,13H,3-4,6-7,9-11H2,1H3,(H,26,27)/t13-/m0/s1. The number of carbonyl (C=O) groups is 2. The minimum absolute atomic E-state index is 0.203. The Hall–Kier alpha value is -2.70. The fourth-order valence-electron chi connectivity index (χ4n) is 4.20. The van der Waals surface area contributed by atoms with Crippen LogP contribution in [0.15, 0.2) is 18.2 Å². The number of para-hydroxylation sites is 1. The molecule has 0 saturated carbocycles. The Morgan fingerprint density at radius 1 is 1.26 bits per heavy atom. The molecule has 0 bridgehead atoms. The van der Waals surface area contributed by atoms with Crippen LogP contribution in [0.4, 0.5) is 4.39 Å². The van der Waals surface area contributed by atoms with Gasteiger partial charge in [0.05, 0.1) is 5.92 Å². The van der Waals surface area contributed by atoms with Crippen LogP contribution in [-0.2, 0) is 17.6 Å². The Bertz CT molecular complexity index is 901. The summed E-state index contributed by atoms with van der Waals surface area (Å²) in [6.45, 7) is 2.56. The van der Waals surface area contributed by atoms with Crippen molar-refractivity contribution in [3.8, 4) is 5.69 Å². The maximum atomic E-state index is 14.5. The monoisotopic (exact) mass is 371 g/mol. The number of nitrogens with zero attached hydrogens (tertiary/aromatic N) is 3. The second-order valence-corrected chi connectivity index (χ2v) is 7.37. The molecule has 2 aromatic rings. The summed E-state index contributed by atoms with van der Waals surface area (Å²) < 4.78 is 16.1. The van der Waals surface area contributed by atoms with Gasteiger partial charge in [-0.3, -0.25) is 9.59 Å². The first-order valence-electron chi connectivity index (χ1n) is 9.35. The second kappa shape index (κ2) is 6.79. The van der Waals surface area contributed by atoms with E-state index in [1.807, 2.05) is 13.0 Å². The Labute approximate surface area is 156 Å². The molecule has 27 heavy (non-hydrogen) atoms. The van der Waals surface area contributed by atoms with Crippen LogP contribution in [0.3, 0.4) is 0 Å². The van der Waals surface area contributed by atoms with Gasteiger partial charge in [-0.2, -0.15) is 5.10 Å². The highest BCUT2D eigenvalue weighted by molar-refractivity contribution is 5.94. The molecule has 0 radical (unpaired) electrons. The molecule has 142 valence electrons. The summed E-state index contributed by atoms with van der Waals surface area (Å²) in [7, 11) is 0. The number of rotatable bonds is 3. The van der Waals surface area contributed by atoms with Crippen molar-refractivity contribution in [3.63, 3.8) is 0 Å². The number of amides is 1. The quantitative estimate of drug-likeness (QED) is 0.900. The lowest BCUT2D eigenvalue weighted by molar-refractivity contribution is -0.143. The molecule has 2 heterocycles. The molecule has 1 aromatic carbocycles. The molecule has 1 amide bonds. The van der Waals surface area contributed by atoms with E-state index < -0.39 is 11.9 Å². The Balaban J connectivity index is 1.73. The van der Waals surface area contributed by atoms with E-state index in [9.17, 15) is 19.1 Å². The minimum Gasteiger partial charge on any atom is -0.481 e. The van der Waals surface area contributed by atoms with Crippen LogP contribution < -0.4 is 0 Å². The number of aliphatic carboxylic acids is 1. The van der Waals surface area contributed by atoms with Gasteiger partial charge < -0.3 is 10.0 Å². The smallest absolute Gasteiger partial charge is 0.308 e. The molecule has 6 nitrogen and oxygen atoms in total. The van der Waals surface area contributed by atoms with Crippen molar-refractivity contribution in [2.45, 2.75) is 39.0 Å². The molecule has 1 fully saturated rings. The third-order valence-electron chi connectivity index (χ3n) is 5.59. The van der Waals surface area contributed by atoms with Crippen molar-refractivity contribution in [2.24, 2.45) is 5.92 Å². The van der Waals surface area contributed by atoms with Gasteiger partial charge in [0, 0.05) is 24.3 Å². The summed E-state index contributed by atoms with van der Waals surface area (Å²) in [6.07, 6.45) is 3.64. The normalized spacial score (nSPS) is 19.2. The topological polar surface area (TPSA) is 75.4 Å². The minimum atomic E-state index is -0.870. The molecule has 1 atom stereocenters. The van der Waals surface area contributed by atoms with E-state index in [0.717, 1.165) is 36.1 Å². The lowest BCUT2D eigenvalue weighted by atomic mass is 9.98. The van der Waals surface area contributed by atoms with Crippen molar-refractivity contribution in [1.29, 1.82) is 0 Å². The van der Waals surface area contributed by atoms with Crippen LogP contribution in [0.1, 0.15) is 46.6 Å². The van der Waals surface area contributed by atoms with Crippen molar-refractivity contribution in [1.82, 2.24) is 14.7 Å². The van der Waals surface area contributed by atoms with Gasteiger partial charge in [0.2, 0.25) is 0 Å². The van der Waals surface area contributed by atoms with Gasteiger partial charge in [-0.1, -0.05) is 12.1 Å². The molecular formula is C20H22FN3O3. The average Bonchev–Trinajstić information content (AvgIpc) is 3.25. The molecule has 0 spiro atoms. The molecule has 2 aliphatic rings. The van der Waals surface area contributed by atoms with Crippen molar-refractivity contribution >= 4 is 11.9 Å². The number of benzene rings is 1.